The van der Waals surface area contributed by atoms with E-state index in [1.807, 2.05) is 11.8 Å². The van der Waals surface area contributed by atoms with Gasteiger partial charge in [0.2, 0.25) is 15.9 Å². The lowest BCUT2D eigenvalue weighted by atomic mass is 9.91. The van der Waals surface area contributed by atoms with E-state index in [1.165, 1.54) is 14.8 Å². The molecule has 0 bridgehead atoms. The quantitative estimate of drug-likeness (QED) is 0.756. The average molecular weight is 425 g/mol. The Morgan fingerprint density at radius 3 is 2.50 bits per heavy atom. The molecule has 2 fully saturated rings. The summed E-state index contributed by atoms with van der Waals surface area (Å²) >= 11 is 1.73. The van der Waals surface area contributed by atoms with Gasteiger partial charge < -0.3 is 4.90 Å². The number of rotatable bonds is 4. The number of amides is 1. The molecule has 2 aliphatic heterocycles. The fourth-order valence-electron chi connectivity index (χ4n) is 4.46. The van der Waals surface area contributed by atoms with Crippen LogP contribution in [0.3, 0.4) is 0 Å². The van der Waals surface area contributed by atoms with Crippen LogP contribution in [0.1, 0.15) is 50.0 Å². The van der Waals surface area contributed by atoms with Gasteiger partial charge in [-0.3, -0.25) is 9.20 Å². The van der Waals surface area contributed by atoms with Crippen LogP contribution >= 0.6 is 11.3 Å². The maximum Gasteiger partial charge on any atom is 0.225 e. The fraction of sp³-hybridized carbons (Fsp3) is 0.684. The number of aryl methyl sites for hydroxylation is 1. The zero-order chi connectivity index (χ0) is 19.9. The van der Waals surface area contributed by atoms with Crippen LogP contribution in [0.25, 0.3) is 4.83 Å². The van der Waals surface area contributed by atoms with Gasteiger partial charge >= 0.3 is 0 Å². The van der Waals surface area contributed by atoms with Crippen molar-refractivity contribution in [1.29, 1.82) is 0 Å². The molecule has 7 nitrogen and oxygen atoms in total. The van der Waals surface area contributed by atoms with Crippen molar-refractivity contribution in [3.05, 3.63) is 23.1 Å². The Labute approximate surface area is 170 Å². The number of carbonyl (C=O) groups excluding carboxylic acids is 1. The number of sulfonamides is 1. The molecule has 0 aliphatic carbocycles. The molecular formula is C19H28N4O3S2. The van der Waals surface area contributed by atoms with Gasteiger partial charge in [-0.15, -0.1) is 11.3 Å². The molecule has 4 heterocycles. The first-order valence-corrected chi connectivity index (χ1v) is 12.6. The fourth-order valence-corrected chi connectivity index (χ4v) is 6.54. The SMILES string of the molecule is CCS(=O)(=O)N1CCC(C(=O)N2CCC(c3nc(C)n4ccsc34)CC2)CC1. The zero-order valence-corrected chi connectivity index (χ0v) is 18.1. The summed E-state index contributed by atoms with van der Waals surface area (Å²) in [5, 5.41) is 2.09. The number of fused-ring (bicyclic) bond motifs is 1. The molecule has 0 radical (unpaired) electrons. The summed E-state index contributed by atoms with van der Waals surface area (Å²) in [4.78, 5) is 20.9. The van der Waals surface area contributed by atoms with E-state index < -0.39 is 10.0 Å². The molecule has 0 saturated carbocycles. The van der Waals surface area contributed by atoms with E-state index in [2.05, 4.69) is 16.0 Å². The highest BCUT2D eigenvalue weighted by atomic mass is 32.2. The van der Waals surface area contributed by atoms with Crippen LogP contribution in [0, 0.1) is 12.8 Å². The van der Waals surface area contributed by atoms with Crippen molar-refractivity contribution in [3.63, 3.8) is 0 Å². The molecule has 0 unspecified atom stereocenters. The Bertz CT molecular complexity index is 949. The Hall–Kier alpha value is -1.45. The first-order chi connectivity index (χ1) is 13.4. The molecule has 28 heavy (non-hydrogen) atoms. The summed E-state index contributed by atoms with van der Waals surface area (Å²) in [7, 11) is -3.14. The molecule has 9 heteroatoms. The summed E-state index contributed by atoms with van der Waals surface area (Å²) in [5.41, 5.74) is 1.18. The minimum absolute atomic E-state index is 0.0429. The van der Waals surface area contributed by atoms with E-state index in [0.29, 0.717) is 31.8 Å². The molecule has 0 N–H and O–H groups in total. The van der Waals surface area contributed by atoms with Gasteiger partial charge in [-0.1, -0.05) is 0 Å². The van der Waals surface area contributed by atoms with Crippen LogP contribution in [-0.4, -0.2) is 64.8 Å². The predicted molar refractivity (Wildman–Crippen MR) is 110 cm³/mol. The molecule has 0 spiro atoms. The lowest BCUT2D eigenvalue weighted by Gasteiger charge is -2.36. The second-order valence-corrected chi connectivity index (χ2v) is 10.9. The number of nitrogens with zero attached hydrogens (tertiary/aromatic N) is 4. The summed E-state index contributed by atoms with van der Waals surface area (Å²) in [6.07, 6.45) is 5.22. The largest absolute Gasteiger partial charge is 0.342 e. The molecule has 2 aromatic rings. The van der Waals surface area contributed by atoms with Gasteiger partial charge in [0.25, 0.3) is 0 Å². The second kappa shape index (κ2) is 7.76. The van der Waals surface area contributed by atoms with Crippen molar-refractivity contribution < 1.29 is 13.2 Å². The number of hydrogen-bond donors (Lipinski definition) is 0. The number of hydrogen-bond acceptors (Lipinski definition) is 5. The molecule has 0 aromatic carbocycles. The van der Waals surface area contributed by atoms with E-state index in [9.17, 15) is 13.2 Å². The van der Waals surface area contributed by atoms with Gasteiger partial charge in [0.15, 0.2) is 0 Å². The minimum atomic E-state index is -3.14. The smallest absolute Gasteiger partial charge is 0.225 e. The van der Waals surface area contributed by atoms with E-state index >= 15 is 0 Å². The lowest BCUT2D eigenvalue weighted by Crippen LogP contribution is -2.46. The minimum Gasteiger partial charge on any atom is -0.342 e. The predicted octanol–water partition coefficient (Wildman–Crippen LogP) is 2.47. The third-order valence-corrected chi connectivity index (χ3v) is 8.98. The Morgan fingerprint density at radius 1 is 1.18 bits per heavy atom. The topological polar surface area (TPSA) is 75.0 Å². The monoisotopic (exact) mass is 424 g/mol. The maximum atomic E-state index is 12.9. The number of piperidine rings is 2. The Balaban J connectivity index is 1.34. The van der Waals surface area contributed by atoms with E-state index in [1.54, 1.807) is 18.3 Å². The summed E-state index contributed by atoms with van der Waals surface area (Å²) in [5.74, 6) is 1.72. The van der Waals surface area contributed by atoms with Crippen LogP contribution in [0.15, 0.2) is 11.6 Å². The van der Waals surface area contributed by atoms with Crippen molar-refractivity contribution >= 4 is 32.1 Å². The number of imidazole rings is 1. The molecule has 2 aromatic heterocycles. The Morgan fingerprint density at radius 2 is 1.86 bits per heavy atom. The number of thiazole rings is 1. The molecule has 2 saturated heterocycles. The van der Waals surface area contributed by atoms with Gasteiger partial charge in [0.05, 0.1) is 11.4 Å². The van der Waals surface area contributed by atoms with Gasteiger partial charge in [-0.2, -0.15) is 0 Å². The summed E-state index contributed by atoms with van der Waals surface area (Å²) in [6, 6.07) is 0. The van der Waals surface area contributed by atoms with Crippen molar-refractivity contribution in [2.75, 3.05) is 31.9 Å². The van der Waals surface area contributed by atoms with E-state index in [-0.39, 0.29) is 17.6 Å². The third-order valence-electron chi connectivity index (χ3n) is 6.21. The van der Waals surface area contributed by atoms with Gasteiger partial charge in [0, 0.05) is 49.6 Å². The molecule has 2 aliphatic rings. The van der Waals surface area contributed by atoms with Gasteiger partial charge in [-0.25, -0.2) is 17.7 Å². The first-order valence-electron chi connectivity index (χ1n) is 10.1. The molecule has 1 amide bonds. The molecule has 4 rings (SSSR count). The number of likely N-dealkylation sites (tertiary alicyclic amines) is 1. The molecule has 154 valence electrons. The molecule has 0 atom stereocenters. The molecular weight excluding hydrogens is 396 g/mol. The van der Waals surface area contributed by atoms with Crippen molar-refractivity contribution in [2.24, 2.45) is 5.92 Å². The van der Waals surface area contributed by atoms with Crippen LogP contribution in [-0.2, 0) is 14.8 Å². The normalized spacial score (nSPS) is 20.9. The van der Waals surface area contributed by atoms with Gasteiger partial charge in [-0.05, 0) is 39.5 Å². The maximum absolute atomic E-state index is 12.9. The number of aromatic nitrogens is 2. The van der Waals surface area contributed by atoms with Crippen molar-refractivity contribution in [3.8, 4) is 0 Å². The van der Waals surface area contributed by atoms with E-state index in [0.717, 1.165) is 31.8 Å². The number of carbonyl (C=O) groups is 1. The summed E-state index contributed by atoms with van der Waals surface area (Å²) < 4.78 is 27.7. The standard InChI is InChI=1S/C19H28N4O3S2/c1-3-28(25,26)22-10-6-16(7-11-22)18(24)21-8-4-15(5-9-21)17-19-23(12-13-27-19)14(2)20-17/h12-13,15-16H,3-11H2,1-2H3. The Kier molecular flexibility index (Phi) is 5.50. The zero-order valence-electron chi connectivity index (χ0n) is 16.5. The van der Waals surface area contributed by atoms with Crippen molar-refractivity contribution in [2.45, 2.75) is 45.4 Å². The lowest BCUT2D eigenvalue weighted by molar-refractivity contribution is -0.137. The van der Waals surface area contributed by atoms with Crippen molar-refractivity contribution in [1.82, 2.24) is 18.6 Å². The highest BCUT2D eigenvalue weighted by molar-refractivity contribution is 7.89. The van der Waals surface area contributed by atoms with Crippen LogP contribution in [0.2, 0.25) is 0 Å². The van der Waals surface area contributed by atoms with Crippen LogP contribution in [0.4, 0.5) is 0 Å². The van der Waals surface area contributed by atoms with E-state index in [4.69, 9.17) is 4.98 Å². The van der Waals surface area contributed by atoms with Crippen LogP contribution in [0.5, 0.6) is 0 Å². The van der Waals surface area contributed by atoms with Crippen LogP contribution < -0.4 is 0 Å². The summed E-state index contributed by atoms with van der Waals surface area (Å²) in [6.45, 7) is 6.16. The third kappa shape index (κ3) is 3.59. The highest BCUT2D eigenvalue weighted by Gasteiger charge is 2.34. The van der Waals surface area contributed by atoms with Gasteiger partial charge in [0.1, 0.15) is 10.7 Å². The first kappa shape index (κ1) is 19.8. The highest BCUT2D eigenvalue weighted by Crippen LogP contribution is 2.33. The second-order valence-electron chi connectivity index (χ2n) is 7.80. The average Bonchev–Trinajstić information content (AvgIpc) is 3.32.